The summed E-state index contributed by atoms with van der Waals surface area (Å²) < 4.78 is 12.6. The van der Waals surface area contributed by atoms with Crippen LogP contribution in [0, 0.1) is 0 Å². The summed E-state index contributed by atoms with van der Waals surface area (Å²) in [4.78, 5) is 21.2. The zero-order valence-corrected chi connectivity index (χ0v) is 20.1. The molecule has 3 aromatic rings. The van der Waals surface area contributed by atoms with E-state index in [1.807, 2.05) is 13.2 Å². The lowest BCUT2D eigenvalue weighted by Crippen LogP contribution is -2.31. The number of halogens is 2. The Morgan fingerprint density at radius 3 is 2.84 bits per heavy atom. The number of carbonyl (C=O) groups excluding carboxylic acids is 1. The van der Waals surface area contributed by atoms with Crippen LogP contribution >= 0.6 is 35.0 Å². The highest BCUT2D eigenvalue weighted by Gasteiger charge is 2.13. The second-order valence-electron chi connectivity index (χ2n) is 6.50. The smallest absolute Gasteiger partial charge is 0.258 e. The van der Waals surface area contributed by atoms with Crippen LogP contribution in [0.1, 0.15) is 6.92 Å². The number of benzene rings is 1. The lowest BCUT2D eigenvalue weighted by atomic mass is 10.3. The van der Waals surface area contributed by atoms with Crippen molar-refractivity contribution < 1.29 is 14.3 Å². The van der Waals surface area contributed by atoms with Gasteiger partial charge in [-0.05, 0) is 31.4 Å². The average Bonchev–Trinajstić information content (AvgIpc) is 3.19. The summed E-state index contributed by atoms with van der Waals surface area (Å²) in [6, 6.07) is 4.83. The third kappa shape index (κ3) is 6.61. The minimum Gasteiger partial charge on any atom is -0.482 e. The van der Waals surface area contributed by atoms with Crippen molar-refractivity contribution in [2.45, 2.75) is 18.6 Å². The molecule has 0 spiro atoms. The first-order valence-corrected chi connectivity index (χ1v) is 11.9. The third-order valence-corrected chi connectivity index (χ3v) is 5.38. The van der Waals surface area contributed by atoms with Crippen molar-refractivity contribution in [3.8, 4) is 5.75 Å². The lowest BCUT2D eigenvalue weighted by Gasteiger charge is -2.10. The van der Waals surface area contributed by atoms with Crippen molar-refractivity contribution >= 4 is 57.7 Å². The van der Waals surface area contributed by atoms with Gasteiger partial charge in [-0.15, -0.1) is 0 Å². The quantitative estimate of drug-likeness (QED) is 0.222. The number of nitrogens with one attached hydrogen (secondary N) is 2. The molecule has 2 heterocycles. The van der Waals surface area contributed by atoms with Crippen LogP contribution in [0.5, 0.6) is 5.75 Å². The Hall–Kier alpha value is -2.27. The van der Waals surface area contributed by atoms with E-state index in [0.29, 0.717) is 65.3 Å². The van der Waals surface area contributed by atoms with Gasteiger partial charge < -0.3 is 20.1 Å². The average molecular weight is 499 g/mol. The molecule has 0 atom stereocenters. The number of fused-ring (bicyclic) bond motifs is 1. The largest absolute Gasteiger partial charge is 0.482 e. The van der Waals surface area contributed by atoms with Crippen molar-refractivity contribution in [3.63, 3.8) is 0 Å². The number of anilines is 1. The molecule has 0 bridgehead atoms. The van der Waals surface area contributed by atoms with Crippen LogP contribution in [0.4, 0.5) is 5.82 Å². The van der Waals surface area contributed by atoms with Gasteiger partial charge >= 0.3 is 0 Å². The Labute approximate surface area is 200 Å². The molecule has 0 saturated carbocycles. The highest BCUT2D eigenvalue weighted by atomic mass is 35.5. The van der Waals surface area contributed by atoms with Crippen LogP contribution in [-0.2, 0) is 16.1 Å². The van der Waals surface area contributed by atoms with Gasteiger partial charge in [-0.1, -0.05) is 35.0 Å². The predicted molar refractivity (Wildman–Crippen MR) is 127 cm³/mol. The Balaban J connectivity index is 1.56. The third-order valence-electron chi connectivity index (χ3n) is 4.30. The zero-order chi connectivity index (χ0) is 22.9. The zero-order valence-electron chi connectivity index (χ0n) is 17.7. The van der Waals surface area contributed by atoms with Gasteiger partial charge in [-0.25, -0.2) is 14.6 Å². The molecule has 0 saturated heterocycles. The molecule has 172 valence electrons. The molecule has 3 rings (SSSR count). The van der Waals surface area contributed by atoms with E-state index >= 15 is 0 Å². The van der Waals surface area contributed by atoms with E-state index in [1.165, 1.54) is 11.8 Å². The normalized spacial score (nSPS) is 11.0. The molecule has 2 aromatic heterocycles. The van der Waals surface area contributed by atoms with E-state index in [1.54, 1.807) is 29.1 Å². The second-order valence-corrected chi connectivity index (χ2v) is 8.12. The summed E-state index contributed by atoms with van der Waals surface area (Å²) in [6.45, 7) is 4.48. The van der Waals surface area contributed by atoms with Crippen LogP contribution in [0.25, 0.3) is 11.0 Å². The van der Waals surface area contributed by atoms with E-state index in [-0.39, 0.29) is 12.5 Å². The first-order valence-electron chi connectivity index (χ1n) is 9.95. The van der Waals surface area contributed by atoms with Crippen molar-refractivity contribution in [2.24, 2.45) is 0 Å². The fraction of sp³-hybridized carbons (Fsp3) is 0.400. The summed E-state index contributed by atoms with van der Waals surface area (Å²) in [5, 5.41) is 12.8. The van der Waals surface area contributed by atoms with Crippen LogP contribution in [0.15, 0.2) is 29.6 Å². The van der Waals surface area contributed by atoms with Gasteiger partial charge in [0, 0.05) is 24.7 Å². The number of hydrogen-bond acceptors (Lipinski definition) is 8. The molecule has 0 radical (unpaired) electrons. The highest BCUT2D eigenvalue weighted by Crippen LogP contribution is 2.27. The molecule has 12 heteroatoms. The monoisotopic (exact) mass is 498 g/mol. The van der Waals surface area contributed by atoms with Gasteiger partial charge in [-0.2, -0.15) is 5.10 Å². The van der Waals surface area contributed by atoms with Gasteiger partial charge in [0.15, 0.2) is 17.4 Å². The number of hydrogen-bond donors (Lipinski definition) is 2. The minimum atomic E-state index is -0.273. The van der Waals surface area contributed by atoms with Crippen LogP contribution in [-0.4, -0.2) is 64.8 Å². The summed E-state index contributed by atoms with van der Waals surface area (Å²) in [7, 11) is 0. The molecule has 0 aliphatic carbocycles. The van der Waals surface area contributed by atoms with Crippen molar-refractivity contribution in [2.75, 3.05) is 44.5 Å². The number of thioether (sulfide) groups is 1. The number of amides is 1. The maximum absolute atomic E-state index is 12.1. The van der Waals surface area contributed by atoms with Crippen LogP contribution < -0.4 is 15.4 Å². The van der Waals surface area contributed by atoms with Gasteiger partial charge in [0.2, 0.25) is 0 Å². The number of ether oxygens (including phenoxy) is 2. The fourth-order valence-electron chi connectivity index (χ4n) is 2.80. The summed E-state index contributed by atoms with van der Waals surface area (Å²) in [6.07, 6.45) is 3.63. The molecule has 2 N–H and O–H groups in total. The number of nitrogens with zero attached hydrogens (tertiary/aromatic N) is 4. The van der Waals surface area contributed by atoms with Crippen molar-refractivity contribution in [1.82, 2.24) is 25.1 Å². The molecule has 0 aliphatic rings. The SMILES string of the molecule is CCOCCNc1nc(SC)nc2c1cnn2CCNC(=O)COc1ccc(Cl)cc1Cl. The molecular formula is C20H24Cl2N6O3S. The molecule has 1 amide bonds. The van der Waals surface area contributed by atoms with Gasteiger partial charge in [-0.3, -0.25) is 4.79 Å². The predicted octanol–water partition coefficient (Wildman–Crippen LogP) is 3.50. The Morgan fingerprint density at radius 1 is 1.25 bits per heavy atom. The highest BCUT2D eigenvalue weighted by molar-refractivity contribution is 7.98. The maximum atomic E-state index is 12.1. The first kappa shape index (κ1) is 24.4. The Kier molecular flexibility index (Phi) is 9.22. The maximum Gasteiger partial charge on any atom is 0.258 e. The standard InChI is InChI=1S/C20H24Cl2N6O3S/c1-3-30-9-7-24-18-14-11-25-28(19(14)27-20(26-18)32-2)8-6-23-17(29)12-31-16-5-4-13(21)10-15(16)22/h4-5,10-11H,3,6-9,12H2,1-2H3,(H,23,29)(H,24,26,27). The van der Waals surface area contributed by atoms with Crippen molar-refractivity contribution in [1.29, 1.82) is 0 Å². The molecule has 32 heavy (non-hydrogen) atoms. The van der Waals surface area contributed by atoms with E-state index in [4.69, 9.17) is 32.7 Å². The van der Waals surface area contributed by atoms with Crippen LogP contribution in [0.2, 0.25) is 10.0 Å². The molecule has 0 unspecified atom stereocenters. The number of carbonyl (C=O) groups is 1. The molecule has 9 nitrogen and oxygen atoms in total. The minimum absolute atomic E-state index is 0.159. The molecule has 0 fully saturated rings. The molecule has 0 aliphatic heterocycles. The van der Waals surface area contributed by atoms with Gasteiger partial charge in [0.1, 0.15) is 11.6 Å². The van der Waals surface area contributed by atoms with E-state index in [9.17, 15) is 4.79 Å². The van der Waals surface area contributed by atoms with Gasteiger partial charge in [0.05, 0.1) is 29.8 Å². The van der Waals surface area contributed by atoms with Crippen LogP contribution in [0.3, 0.4) is 0 Å². The van der Waals surface area contributed by atoms with Crippen molar-refractivity contribution in [3.05, 3.63) is 34.4 Å². The molecular weight excluding hydrogens is 475 g/mol. The van der Waals surface area contributed by atoms with E-state index in [2.05, 4.69) is 25.7 Å². The number of aromatic nitrogens is 4. The number of rotatable bonds is 12. The van der Waals surface area contributed by atoms with Gasteiger partial charge in [0.25, 0.3) is 5.91 Å². The second kappa shape index (κ2) is 12.1. The topological polar surface area (TPSA) is 103 Å². The fourth-order valence-corrected chi connectivity index (χ4v) is 3.62. The first-order chi connectivity index (χ1) is 15.5. The lowest BCUT2D eigenvalue weighted by molar-refractivity contribution is -0.123. The van der Waals surface area contributed by atoms with E-state index < -0.39 is 0 Å². The summed E-state index contributed by atoms with van der Waals surface area (Å²) >= 11 is 13.4. The summed E-state index contributed by atoms with van der Waals surface area (Å²) in [5.74, 6) is 0.836. The summed E-state index contributed by atoms with van der Waals surface area (Å²) in [5.41, 5.74) is 0.696. The Bertz CT molecular complexity index is 1070. The molecule has 1 aromatic carbocycles. The van der Waals surface area contributed by atoms with E-state index in [0.717, 1.165) is 5.39 Å². The Morgan fingerprint density at radius 2 is 2.09 bits per heavy atom.